The van der Waals surface area contributed by atoms with Crippen LogP contribution in [-0.4, -0.2) is 24.8 Å². The van der Waals surface area contributed by atoms with Crippen molar-refractivity contribution in [1.29, 1.82) is 0 Å². The van der Waals surface area contributed by atoms with Crippen molar-refractivity contribution in [3.8, 4) is 11.5 Å². The second-order valence-corrected chi connectivity index (χ2v) is 4.79. The SMILES string of the molecule is CCCCCCCCOC(=O)c1cc(OC)ccc1O. The quantitative estimate of drug-likeness (QED) is 0.550. The summed E-state index contributed by atoms with van der Waals surface area (Å²) in [4.78, 5) is 11.8. The fourth-order valence-corrected chi connectivity index (χ4v) is 1.93. The van der Waals surface area contributed by atoms with Crippen molar-refractivity contribution in [3.05, 3.63) is 23.8 Å². The molecule has 0 fully saturated rings. The number of ether oxygens (including phenoxy) is 2. The average molecular weight is 280 g/mol. The Kier molecular flexibility index (Phi) is 7.55. The van der Waals surface area contributed by atoms with E-state index in [1.165, 1.54) is 44.9 Å². The maximum atomic E-state index is 11.8. The number of carbonyl (C=O) groups excluding carboxylic acids is 1. The Bertz CT molecular complexity index is 415. The van der Waals surface area contributed by atoms with Crippen LogP contribution in [0.1, 0.15) is 55.8 Å². The highest BCUT2D eigenvalue weighted by molar-refractivity contribution is 5.92. The van der Waals surface area contributed by atoms with Gasteiger partial charge >= 0.3 is 5.97 Å². The molecule has 0 saturated carbocycles. The molecule has 4 heteroatoms. The Morgan fingerprint density at radius 2 is 1.85 bits per heavy atom. The molecule has 0 saturated heterocycles. The molecule has 0 aromatic heterocycles. The van der Waals surface area contributed by atoms with E-state index >= 15 is 0 Å². The van der Waals surface area contributed by atoms with E-state index in [1.54, 1.807) is 6.07 Å². The van der Waals surface area contributed by atoms with Gasteiger partial charge in [0.05, 0.1) is 13.7 Å². The van der Waals surface area contributed by atoms with Gasteiger partial charge in [0.1, 0.15) is 17.1 Å². The molecule has 0 aliphatic rings. The van der Waals surface area contributed by atoms with E-state index in [2.05, 4.69) is 6.92 Å². The predicted octanol–water partition coefficient (Wildman–Crippen LogP) is 3.92. The number of aromatic hydroxyl groups is 1. The smallest absolute Gasteiger partial charge is 0.342 e. The fraction of sp³-hybridized carbons (Fsp3) is 0.562. The third kappa shape index (κ3) is 5.51. The first-order chi connectivity index (χ1) is 9.69. The zero-order chi connectivity index (χ0) is 14.8. The molecule has 0 heterocycles. The molecule has 0 aliphatic heterocycles. The Morgan fingerprint density at radius 3 is 2.55 bits per heavy atom. The van der Waals surface area contributed by atoms with Gasteiger partial charge in [-0.15, -0.1) is 0 Å². The monoisotopic (exact) mass is 280 g/mol. The Hall–Kier alpha value is -1.71. The van der Waals surface area contributed by atoms with Crippen molar-refractivity contribution in [2.45, 2.75) is 45.4 Å². The van der Waals surface area contributed by atoms with Crippen LogP contribution in [0, 0.1) is 0 Å². The summed E-state index contributed by atoms with van der Waals surface area (Å²) in [6.45, 7) is 2.57. The Morgan fingerprint density at radius 1 is 1.15 bits per heavy atom. The topological polar surface area (TPSA) is 55.8 Å². The summed E-state index contributed by atoms with van der Waals surface area (Å²) in [5.41, 5.74) is 0.148. The summed E-state index contributed by atoms with van der Waals surface area (Å²) in [6.07, 6.45) is 6.83. The number of rotatable bonds is 9. The normalized spacial score (nSPS) is 10.3. The first-order valence-electron chi connectivity index (χ1n) is 7.23. The molecule has 0 aliphatic carbocycles. The number of phenolic OH excluding ortho intramolecular Hbond substituents is 1. The Labute approximate surface area is 120 Å². The molecule has 0 unspecified atom stereocenters. The molecule has 0 bridgehead atoms. The zero-order valence-electron chi connectivity index (χ0n) is 12.4. The molecule has 0 atom stereocenters. The number of benzene rings is 1. The summed E-state index contributed by atoms with van der Waals surface area (Å²) < 4.78 is 10.2. The van der Waals surface area contributed by atoms with E-state index in [-0.39, 0.29) is 11.3 Å². The van der Waals surface area contributed by atoms with E-state index in [4.69, 9.17) is 9.47 Å². The molecule has 1 N–H and O–H groups in total. The van der Waals surface area contributed by atoms with Gasteiger partial charge in [0.25, 0.3) is 0 Å². The maximum Gasteiger partial charge on any atom is 0.342 e. The van der Waals surface area contributed by atoms with Crippen LogP contribution in [0.25, 0.3) is 0 Å². The number of esters is 1. The van der Waals surface area contributed by atoms with Gasteiger partial charge in [-0.2, -0.15) is 0 Å². The number of carbonyl (C=O) groups is 1. The number of hydrogen-bond acceptors (Lipinski definition) is 4. The van der Waals surface area contributed by atoms with Gasteiger partial charge in [-0.25, -0.2) is 4.79 Å². The summed E-state index contributed by atoms with van der Waals surface area (Å²) in [6, 6.07) is 4.51. The zero-order valence-corrected chi connectivity index (χ0v) is 12.4. The molecule has 1 aromatic carbocycles. The molecule has 4 nitrogen and oxygen atoms in total. The second kappa shape index (κ2) is 9.23. The molecule has 112 valence electrons. The second-order valence-electron chi connectivity index (χ2n) is 4.79. The van der Waals surface area contributed by atoms with E-state index in [1.807, 2.05) is 0 Å². The fourth-order valence-electron chi connectivity index (χ4n) is 1.93. The van der Waals surface area contributed by atoms with E-state index in [0.29, 0.717) is 12.4 Å². The minimum Gasteiger partial charge on any atom is -0.507 e. The maximum absolute atomic E-state index is 11.8. The van der Waals surface area contributed by atoms with E-state index < -0.39 is 5.97 Å². The van der Waals surface area contributed by atoms with Crippen LogP contribution in [-0.2, 0) is 4.74 Å². The Balaban J connectivity index is 2.32. The van der Waals surface area contributed by atoms with Crippen LogP contribution < -0.4 is 4.74 Å². The van der Waals surface area contributed by atoms with Gasteiger partial charge in [0.2, 0.25) is 0 Å². The van der Waals surface area contributed by atoms with Gasteiger partial charge in [0.15, 0.2) is 0 Å². The molecule has 1 aromatic rings. The minimum absolute atomic E-state index is 0.0845. The molecular formula is C16H24O4. The van der Waals surface area contributed by atoms with Gasteiger partial charge in [-0.1, -0.05) is 39.0 Å². The summed E-state index contributed by atoms with van der Waals surface area (Å²) in [7, 11) is 1.51. The average Bonchev–Trinajstić information content (AvgIpc) is 2.46. The molecule has 0 radical (unpaired) electrons. The van der Waals surface area contributed by atoms with Gasteiger partial charge in [-0.05, 0) is 24.6 Å². The molecule has 0 amide bonds. The van der Waals surface area contributed by atoms with Crippen molar-refractivity contribution in [1.82, 2.24) is 0 Å². The van der Waals surface area contributed by atoms with Gasteiger partial charge in [0, 0.05) is 0 Å². The largest absolute Gasteiger partial charge is 0.507 e. The molecule has 1 rings (SSSR count). The third-order valence-electron chi connectivity index (χ3n) is 3.15. The van der Waals surface area contributed by atoms with Crippen molar-refractivity contribution in [2.75, 3.05) is 13.7 Å². The molecule has 0 spiro atoms. The predicted molar refractivity (Wildman–Crippen MR) is 78.3 cm³/mol. The first-order valence-corrected chi connectivity index (χ1v) is 7.23. The van der Waals surface area contributed by atoms with E-state index in [9.17, 15) is 9.90 Å². The lowest BCUT2D eigenvalue weighted by atomic mass is 10.1. The van der Waals surface area contributed by atoms with Crippen LogP contribution >= 0.6 is 0 Å². The van der Waals surface area contributed by atoms with Crippen molar-refractivity contribution < 1.29 is 19.4 Å². The summed E-state index contributed by atoms with van der Waals surface area (Å²) in [5, 5.41) is 9.64. The standard InChI is InChI=1S/C16H24O4/c1-3-4-5-6-7-8-11-20-16(18)14-12-13(19-2)9-10-15(14)17/h9-10,12,17H,3-8,11H2,1-2H3. The highest BCUT2D eigenvalue weighted by Gasteiger charge is 2.13. The van der Waals surface area contributed by atoms with Crippen molar-refractivity contribution in [2.24, 2.45) is 0 Å². The first kappa shape index (κ1) is 16.3. The summed E-state index contributed by atoms with van der Waals surface area (Å²) >= 11 is 0. The minimum atomic E-state index is -0.505. The molecule has 20 heavy (non-hydrogen) atoms. The highest BCUT2D eigenvalue weighted by Crippen LogP contribution is 2.23. The van der Waals surface area contributed by atoms with Crippen LogP contribution in [0.2, 0.25) is 0 Å². The van der Waals surface area contributed by atoms with Crippen LogP contribution in [0.3, 0.4) is 0 Å². The number of phenols is 1. The van der Waals surface area contributed by atoms with E-state index in [0.717, 1.165) is 12.8 Å². The number of unbranched alkanes of at least 4 members (excludes halogenated alkanes) is 5. The van der Waals surface area contributed by atoms with Crippen LogP contribution in [0.5, 0.6) is 11.5 Å². The van der Waals surface area contributed by atoms with Gasteiger partial charge in [-0.3, -0.25) is 0 Å². The number of methoxy groups -OCH3 is 1. The lowest BCUT2D eigenvalue weighted by Crippen LogP contribution is -2.07. The van der Waals surface area contributed by atoms with Crippen LogP contribution in [0.4, 0.5) is 0 Å². The van der Waals surface area contributed by atoms with Gasteiger partial charge < -0.3 is 14.6 Å². The van der Waals surface area contributed by atoms with Crippen molar-refractivity contribution >= 4 is 5.97 Å². The molecular weight excluding hydrogens is 256 g/mol. The lowest BCUT2D eigenvalue weighted by molar-refractivity contribution is 0.0494. The lowest BCUT2D eigenvalue weighted by Gasteiger charge is -2.08. The van der Waals surface area contributed by atoms with Crippen LogP contribution in [0.15, 0.2) is 18.2 Å². The number of hydrogen-bond donors (Lipinski definition) is 1. The highest BCUT2D eigenvalue weighted by atomic mass is 16.5. The van der Waals surface area contributed by atoms with Crippen molar-refractivity contribution in [3.63, 3.8) is 0 Å². The third-order valence-corrected chi connectivity index (χ3v) is 3.15. The summed E-state index contributed by atoms with van der Waals surface area (Å²) in [5.74, 6) is -0.0666.